The van der Waals surface area contributed by atoms with Gasteiger partial charge in [0.05, 0.1) is 0 Å². The quantitative estimate of drug-likeness (QED) is 0.753. The molecular formula is C20H22N4O2. The van der Waals surface area contributed by atoms with Crippen molar-refractivity contribution in [1.29, 1.82) is 0 Å². The predicted octanol–water partition coefficient (Wildman–Crippen LogP) is 4.06. The van der Waals surface area contributed by atoms with E-state index in [1.54, 1.807) is 0 Å². The lowest BCUT2D eigenvalue weighted by atomic mass is 9.85. The number of hydrogen-bond acceptors (Lipinski definition) is 4. The Kier molecular flexibility index (Phi) is 4.32. The zero-order chi connectivity index (χ0) is 18.1. The maximum absolute atomic E-state index is 12.5. The molecule has 0 saturated heterocycles. The molecule has 134 valence electrons. The van der Waals surface area contributed by atoms with E-state index in [2.05, 4.69) is 15.5 Å². The molecule has 1 aliphatic carbocycles. The lowest BCUT2D eigenvalue weighted by molar-refractivity contribution is -0.116. The molecule has 1 saturated carbocycles. The van der Waals surface area contributed by atoms with E-state index in [-0.39, 0.29) is 12.5 Å². The van der Waals surface area contributed by atoms with Gasteiger partial charge in [-0.1, -0.05) is 18.6 Å². The van der Waals surface area contributed by atoms with E-state index in [9.17, 15) is 4.79 Å². The molecule has 0 unspecified atom stereocenters. The van der Waals surface area contributed by atoms with Crippen LogP contribution in [0.15, 0.2) is 40.9 Å². The van der Waals surface area contributed by atoms with Crippen molar-refractivity contribution >= 4 is 11.6 Å². The van der Waals surface area contributed by atoms with E-state index in [0.29, 0.717) is 17.7 Å². The van der Waals surface area contributed by atoms with Crippen molar-refractivity contribution in [2.75, 3.05) is 5.32 Å². The van der Waals surface area contributed by atoms with E-state index >= 15 is 0 Å². The first kappa shape index (κ1) is 16.6. The summed E-state index contributed by atoms with van der Waals surface area (Å²) in [5, 5.41) is 11.3. The molecule has 1 N–H and O–H groups in total. The van der Waals surface area contributed by atoms with Gasteiger partial charge in [-0.15, -0.1) is 10.2 Å². The van der Waals surface area contributed by atoms with Gasteiger partial charge in [-0.3, -0.25) is 4.79 Å². The van der Waals surface area contributed by atoms with Gasteiger partial charge in [-0.25, -0.2) is 0 Å². The highest BCUT2D eigenvalue weighted by atomic mass is 16.4. The molecule has 1 amide bonds. The Morgan fingerprint density at radius 1 is 1.27 bits per heavy atom. The van der Waals surface area contributed by atoms with E-state index in [4.69, 9.17) is 4.42 Å². The van der Waals surface area contributed by atoms with Crippen LogP contribution in [0.1, 0.15) is 42.2 Å². The van der Waals surface area contributed by atoms with Crippen molar-refractivity contribution in [3.8, 4) is 11.6 Å². The average molecular weight is 350 g/mol. The van der Waals surface area contributed by atoms with Crippen LogP contribution < -0.4 is 5.32 Å². The molecule has 1 aromatic carbocycles. The second-order valence-electron chi connectivity index (χ2n) is 6.96. The highest BCUT2D eigenvalue weighted by molar-refractivity contribution is 5.91. The van der Waals surface area contributed by atoms with Crippen LogP contribution in [0, 0.1) is 13.8 Å². The van der Waals surface area contributed by atoms with Crippen molar-refractivity contribution in [1.82, 2.24) is 14.8 Å². The Balaban J connectivity index is 1.49. The van der Waals surface area contributed by atoms with Crippen LogP contribution in [-0.4, -0.2) is 20.7 Å². The summed E-state index contributed by atoms with van der Waals surface area (Å²) in [4.78, 5) is 12.5. The Morgan fingerprint density at radius 3 is 2.88 bits per heavy atom. The first-order chi connectivity index (χ1) is 12.6. The van der Waals surface area contributed by atoms with Gasteiger partial charge in [0.15, 0.2) is 0 Å². The SMILES string of the molecule is Cc1ccc(C)c(NC(=O)Cn2cccc2-c2nnc(C3CCC3)o2)c1. The van der Waals surface area contributed by atoms with Gasteiger partial charge >= 0.3 is 0 Å². The zero-order valence-electron chi connectivity index (χ0n) is 15.0. The second kappa shape index (κ2) is 6.78. The van der Waals surface area contributed by atoms with Crippen LogP contribution in [0.25, 0.3) is 11.6 Å². The zero-order valence-corrected chi connectivity index (χ0v) is 15.0. The van der Waals surface area contributed by atoms with Crippen molar-refractivity contribution in [3.63, 3.8) is 0 Å². The van der Waals surface area contributed by atoms with Crippen molar-refractivity contribution < 1.29 is 9.21 Å². The van der Waals surface area contributed by atoms with Crippen LogP contribution >= 0.6 is 0 Å². The summed E-state index contributed by atoms with van der Waals surface area (Å²) in [5.74, 6) is 1.48. The molecule has 3 aromatic rings. The number of hydrogen-bond donors (Lipinski definition) is 1. The van der Waals surface area contributed by atoms with Crippen molar-refractivity contribution in [2.24, 2.45) is 0 Å². The largest absolute Gasteiger partial charge is 0.419 e. The maximum atomic E-state index is 12.5. The number of benzene rings is 1. The minimum Gasteiger partial charge on any atom is -0.419 e. The monoisotopic (exact) mass is 350 g/mol. The minimum absolute atomic E-state index is 0.0881. The second-order valence-corrected chi connectivity index (χ2v) is 6.96. The highest BCUT2D eigenvalue weighted by Crippen LogP contribution is 2.36. The lowest BCUT2D eigenvalue weighted by Crippen LogP contribution is -2.19. The number of amides is 1. The summed E-state index contributed by atoms with van der Waals surface area (Å²) >= 11 is 0. The molecule has 2 aromatic heterocycles. The smallest absolute Gasteiger partial charge is 0.264 e. The number of carbonyl (C=O) groups is 1. The van der Waals surface area contributed by atoms with Gasteiger partial charge in [-0.2, -0.15) is 0 Å². The number of nitrogens with one attached hydrogen (secondary N) is 1. The number of aryl methyl sites for hydroxylation is 2. The number of anilines is 1. The van der Waals surface area contributed by atoms with Crippen LogP contribution in [0.4, 0.5) is 5.69 Å². The molecule has 0 bridgehead atoms. The molecule has 4 rings (SSSR count). The third-order valence-corrected chi connectivity index (χ3v) is 4.92. The molecule has 0 radical (unpaired) electrons. The molecule has 6 nitrogen and oxygen atoms in total. The average Bonchev–Trinajstić information content (AvgIpc) is 3.18. The fourth-order valence-electron chi connectivity index (χ4n) is 3.12. The molecule has 1 fully saturated rings. The fraction of sp³-hybridized carbons (Fsp3) is 0.350. The van der Waals surface area contributed by atoms with Gasteiger partial charge in [-0.05, 0) is 56.0 Å². The van der Waals surface area contributed by atoms with Gasteiger partial charge in [0.25, 0.3) is 5.89 Å². The predicted molar refractivity (Wildman–Crippen MR) is 98.9 cm³/mol. The van der Waals surface area contributed by atoms with Crippen molar-refractivity contribution in [3.05, 3.63) is 53.5 Å². The van der Waals surface area contributed by atoms with Gasteiger partial charge < -0.3 is 14.3 Å². The summed E-state index contributed by atoms with van der Waals surface area (Å²) < 4.78 is 7.66. The lowest BCUT2D eigenvalue weighted by Gasteiger charge is -2.20. The molecular weight excluding hydrogens is 328 g/mol. The van der Waals surface area contributed by atoms with Crippen molar-refractivity contribution in [2.45, 2.75) is 45.6 Å². The highest BCUT2D eigenvalue weighted by Gasteiger charge is 2.26. The minimum atomic E-state index is -0.0881. The summed E-state index contributed by atoms with van der Waals surface area (Å²) in [6.45, 7) is 4.18. The van der Waals surface area contributed by atoms with Gasteiger partial charge in [0.1, 0.15) is 12.2 Å². The molecule has 26 heavy (non-hydrogen) atoms. The van der Waals surface area contributed by atoms with E-state index in [1.807, 2.05) is 54.9 Å². The van der Waals surface area contributed by atoms with E-state index in [0.717, 1.165) is 35.3 Å². The Morgan fingerprint density at radius 2 is 2.12 bits per heavy atom. The Labute approximate surface area is 152 Å². The topological polar surface area (TPSA) is 73.0 Å². The first-order valence-electron chi connectivity index (χ1n) is 8.96. The number of nitrogens with zero attached hydrogens (tertiary/aromatic N) is 3. The molecule has 0 atom stereocenters. The maximum Gasteiger partial charge on any atom is 0.264 e. The van der Waals surface area contributed by atoms with Crippen LogP contribution in [-0.2, 0) is 11.3 Å². The summed E-state index contributed by atoms with van der Waals surface area (Å²) in [6.07, 6.45) is 5.30. The number of carbonyl (C=O) groups excluding carboxylic acids is 1. The third-order valence-electron chi connectivity index (χ3n) is 4.92. The van der Waals surface area contributed by atoms with E-state index < -0.39 is 0 Å². The summed E-state index contributed by atoms with van der Waals surface area (Å²) in [5.41, 5.74) is 3.76. The molecule has 0 spiro atoms. The van der Waals surface area contributed by atoms with Gasteiger partial charge in [0, 0.05) is 17.8 Å². The number of aromatic nitrogens is 3. The first-order valence-corrected chi connectivity index (χ1v) is 8.96. The number of rotatable bonds is 5. The third kappa shape index (κ3) is 3.27. The molecule has 6 heteroatoms. The van der Waals surface area contributed by atoms with Crippen LogP contribution in [0.2, 0.25) is 0 Å². The molecule has 1 aliphatic rings. The van der Waals surface area contributed by atoms with E-state index in [1.165, 1.54) is 6.42 Å². The summed E-state index contributed by atoms with van der Waals surface area (Å²) in [7, 11) is 0. The standard InChI is InChI=1S/C20H22N4O2/c1-13-8-9-14(2)16(11-13)21-18(25)12-24-10-4-7-17(24)20-23-22-19(26-20)15-5-3-6-15/h4,7-11,15H,3,5-6,12H2,1-2H3,(H,21,25). The van der Waals surface area contributed by atoms with Crippen LogP contribution in [0.5, 0.6) is 0 Å². The summed E-state index contributed by atoms with van der Waals surface area (Å²) in [6, 6.07) is 9.79. The molecule has 2 heterocycles. The Hall–Kier alpha value is -2.89. The Bertz CT molecular complexity index is 937. The normalized spacial score (nSPS) is 14.2. The van der Waals surface area contributed by atoms with Gasteiger partial charge in [0.2, 0.25) is 11.8 Å². The molecule has 0 aliphatic heterocycles. The van der Waals surface area contributed by atoms with Crippen LogP contribution in [0.3, 0.4) is 0 Å². The fourth-order valence-corrected chi connectivity index (χ4v) is 3.12.